The van der Waals surface area contributed by atoms with Crippen LogP contribution in [0.25, 0.3) is 0 Å². The third kappa shape index (κ3) is 2.34. The predicted molar refractivity (Wildman–Crippen MR) is 79.4 cm³/mol. The van der Waals surface area contributed by atoms with Crippen LogP contribution in [0.1, 0.15) is 18.9 Å². The monoisotopic (exact) mass is 302 g/mol. The van der Waals surface area contributed by atoms with Gasteiger partial charge in [0.25, 0.3) is 0 Å². The van der Waals surface area contributed by atoms with Crippen LogP contribution in [0.15, 0.2) is 24.3 Å². The number of hydrogen-bond acceptors (Lipinski definition) is 3. The molecular weight excluding hydrogens is 284 g/mol. The lowest BCUT2D eigenvalue weighted by Crippen LogP contribution is -2.48. The van der Waals surface area contributed by atoms with Crippen molar-refractivity contribution in [3.8, 4) is 0 Å². The second-order valence-corrected chi connectivity index (χ2v) is 5.85. The standard InChI is InChI=1S/C16H18N2O4/c1-10(19)18-13-5-3-2-4-11(13)8-14(18)15(20)17-7-6-12(9-17)16(21)22/h2-5,12,14H,6-9H2,1H3,(H,21,22)/t12-,14+/m1/s1. The third-order valence-corrected chi connectivity index (χ3v) is 4.45. The maximum atomic E-state index is 12.7. The molecule has 0 aromatic heterocycles. The number of nitrogens with zero attached hydrogens (tertiary/aromatic N) is 2. The van der Waals surface area contributed by atoms with Gasteiger partial charge >= 0.3 is 5.97 Å². The molecule has 1 aromatic rings. The highest BCUT2D eigenvalue weighted by Crippen LogP contribution is 2.33. The number of para-hydroxylation sites is 1. The Kier molecular flexibility index (Phi) is 3.60. The van der Waals surface area contributed by atoms with E-state index >= 15 is 0 Å². The molecular formula is C16H18N2O4. The Hall–Kier alpha value is -2.37. The Labute approximate surface area is 128 Å². The van der Waals surface area contributed by atoms with Crippen LogP contribution in [0.3, 0.4) is 0 Å². The average molecular weight is 302 g/mol. The molecule has 6 nitrogen and oxygen atoms in total. The van der Waals surface area contributed by atoms with Crippen molar-refractivity contribution in [2.24, 2.45) is 5.92 Å². The van der Waals surface area contributed by atoms with Crippen molar-refractivity contribution in [1.29, 1.82) is 0 Å². The minimum atomic E-state index is -0.867. The van der Waals surface area contributed by atoms with Gasteiger partial charge in [-0.25, -0.2) is 0 Å². The molecule has 1 aromatic carbocycles. The highest BCUT2D eigenvalue weighted by Gasteiger charge is 2.41. The van der Waals surface area contributed by atoms with Gasteiger partial charge in [-0.3, -0.25) is 19.3 Å². The van der Waals surface area contributed by atoms with Crippen molar-refractivity contribution in [2.75, 3.05) is 18.0 Å². The zero-order valence-electron chi connectivity index (χ0n) is 12.4. The molecule has 2 amide bonds. The van der Waals surface area contributed by atoms with Crippen LogP contribution in [0, 0.1) is 5.92 Å². The van der Waals surface area contributed by atoms with Crippen LogP contribution in [-0.4, -0.2) is 46.9 Å². The van der Waals surface area contributed by atoms with Gasteiger partial charge in [0.15, 0.2) is 0 Å². The smallest absolute Gasteiger partial charge is 0.308 e. The Balaban J connectivity index is 1.82. The number of benzene rings is 1. The summed E-state index contributed by atoms with van der Waals surface area (Å²) in [6.45, 7) is 2.12. The topological polar surface area (TPSA) is 77.9 Å². The maximum Gasteiger partial charge on any atom is 0.308 e. The molecule has 1 fully saturated rings. The summed E-state index contributed by atoms with van der Waals surface area (Å²) in [6.07, 6.45) is 0.962. The van der Waals surface area contributed by atoms with E-state index < -0.39 is 17.9 Å². The zero-order chi connectivity index (χ0) is 15.9. The number of carboxylic acids is 1. The van der Waals surface area contributed by atoms with E-state index in [9.17, 15) is 14.4 Å². The number of carbonyl (C=O) groups is 3. The Morgan fingerprint density at radius 3 is 2.59 bits per heavy atom. The minimum absolute atomic E-state index is 0.157. The van der Waals surface area contributed by atoms with Crippen LogP contribution in [0.5, 0.6) is 0 Å². The summed E-state index contributed by atoms with van der Waals surface area (Å²) in [5, 5.41) is 9.06. The minimum Gasteiger partial charge on any atom is -0.481 e. The molecule has 0 aliphatic carbocycles. The van der Waals surface area contributed by atoms with Gasteiger partial charge in [-0.05, 0) is 18.1 Å². The number of aliphatic carboxylic acids is 1. The molecule has 22 heavy (non-hydrogen) atoms. The number of carboxylic acid groups (broad SMARTS) is 1. The van der Waals surface area contributed by atoms with Crippen molar-refractivity contribution >= 4 is 23.5 Å². The fourth-order valence-electron chi connectivity index (χ4n) is 3.35. The van der Waals surface area contributed by atoms with E-state index in [0.717, 1.165) is 11.3 Å². The Morgan fingerprint density at radius 2 is 1.95 bits per heavy atom. The molecule has 0 saturated carbocycles. The van der Waals surface area contributed by atoms with Crippen molar-refractivity contribution in [3.05, 3.63) is 29.8 Å². The average Bonchev–Trinajstić information content (AvgIpc) is 3.11. The predicted octanol–water partition coefficient (Wildman–Crippen LogP) is 0.897. The molecule has 2 aliphatic rings. The number of rotatable bonds is 2. The van der Waals surface area contributed by atoms with Crippen molar-refractivity contribution in [3.63, 3.8) is 0 Å². The molecule has 0 radical (unpaired) electrons. The number of amides is 2. The van der Waals surface area contributed by atoms with Gasteiger partial charge in [-0.15, -0.1) is 0 Å². The molecule has 1 saturated heterocycles. The fourth-order valence-corrected chi connectivity index (χ4v) is 3.35. The highest BCUT2D eigenvalue weighted by atomic mass is 16.4. The summed E-state index contributed by atoms with van der Waals surface area (Å²) in [7, 11) is 0. The third-order valence-electron chi connectivity index (χ3n) is 4.45. The molecule has 6 heteroatoms. The molecule has 2 aliphatic heterocycles. The summed E-state index contributed by atoms with van der Waals surface area (Å²) < 4.78 is 0. The van der Waals surface area contributed by atoms with E-state index in [0.29, 0.717) is 19.4 Å². The first-order valence-corrected chi connectivity index (χ1v) is 7.38. The van der Waals surface area contributed by atoms with Gasteiger partial charge in [0.1, 0.15) is 6.04 Å². The lowest BCUT2D eigenvalue weighted by Gasteiger charge is -2.27. The molecule has 0 spiro atoms. The van der Waals surface area contributed by atoms with E-state index in [2.05, 4.69) is 0 Å². The number of anilines is 1. The summed E-state index contributed by atoms with van der Waals surface area (Å²) in [4.78, 5) is 38.9. The van der Waals surface area contributed by atoms with Gasteiger partial charge in [0.2, 0.25) is 11.8 Å². The molecule has 0 unspecified atom stereocenters. The van der Waals surface area contributed by atoms with Crippen LogP contribution in [0.4, 0.5) is 5.69 Å². The number of likely N-dealkylation sites (tertiary alicyclic amines) is 1. The van der Waals surface area contributed by atoms with E-state index in [1.54, 1.807) is 4.90 Å². The summed E-state index contributed by atoms with van der Waals surface area (Å²) >= 11 is 0. The van der Waals surface area contributed by atoms with Crippen molar-refractivity contribution in [1.82, 2.24) is 4.90 Å². The molecule has 1 N–H and O–H groups in total. The first-order valence-electron chi connectivity index (χ1n) is 7.38. The van der Waals surface area contributed by atoms with Gasteiger partial charge in [-0.2, -0.15) is 0 Å². The highest BCUT2D eigenvalue weighted by molar-refractivity contribution is 6.02. The second kappa shape index (κ2) is 5.44. The van der Waals surface area contributed by atoms with E-state index in [4.69, 9.17) is 5.11 Å². The number of carbonyl (C=O) groups excluding carboxylic acids is 2. The van der Waals surface area contributed by atoms with Crippen molar-refractivity contribution < 1.29 is 19.5 Å². The van der Waals surface area contributed by atoms with E-state index in [1.807, 2.05) is 24.3 Å². The zero-order valence-corrected chi connectivity index (χ0v) is 12.4. The molecule has 3 rings (SSSR count). The molecule has 116 valence electrons. The van der Waals surface area contributed by atoms with Gasteiger partial charge in [0.05, 0.1) is 5.92 Å². The first kappa shape index (κ1) is 14.6. The van der Waals surface area contributed by atoms with E-state index in [-0.39, 0.29) is 18.4 Å². The van der Waals surface area contributed by atoms with E-state index in [1.165, 1.54) is 11.8 Å². The quantitative estimate of drug-likeness (QED) is 0.880. The maximum absolute atomic E-state index is 12.7. The number of hydrogen-bond donors (Lipinski definition) is 1. The molecule has 2 atom stereocenters. The van der Waals surface area contributed by atoms with Gasteiger partial charge in [0, 0.05) is 32.1 Å². The van der Waals surface area contributed by atoms with Crippen LogP contribution in [-0.2, 0) is 20.8 Å². The summed E-state index contributed by atoms with van der Waals surface area (Å²) in [5.41, 5.74) is 1.76. The van der Waals surface area contributed by atoms with Gasteiger partial charge < -0.3 is 10.0 Å². The summed E-state index contributed by atoms with van der Waals surface area (Å²) in [6, 6.07) is 6.94. The normalized spacial score (nSPS) is 23.5. The van der Waals surface area contributed by atoms with Gasteiger partial charge in [-0.1, -0.05) is 18.2 Å². The Morgan fingerprint density at radius 1 is 1.23 bits per heavy atom. The van der Waals surface area contributed by atoms with Crippen LogP contribution < -0.4 is 4.90 Å². The van der Waals surface area contributed by atoms with Crippen LogP contribution >= 0.6 is 0 Å². The largest absolute Gasteiger partial charge is 0.481 e. The Bertz CT molecular complexity index is 643. The summed E-state index contributed by atoms with van der Waals surface area (Å²) in [5.74, 6) is -1.70. The van der Waals surface area contributed by atoms with Crippen LogP contribution in [0.2, 0.25) is 0 Å². The SMILES string of the molecule is CC(=O)N1c2ccccc2C[C@H]1C(=O)N1CC[C@@H](C(=O)O)C1. The molecule has 2 heterocycles. The number of fused-ring (bicyclic) bond motifs is 1. The first-order chi connectivity index (χ1) is 10.5. The lowest BCUT2D eigenvalue weighted by molar-refractivity contribution is -0.141. The fraction of sp³-hybridized carbons (Fsp3) is 0.438. The molecule has 0 bridgehead atoms. The van der Waals surface area contributed by atoms with Crippen molar-refractivity contribution in [2.45, 2.75) is 25.8 Å². The second-order valence-electron chi connectivity index (χ2n) is 5.85. The lowest BCUT2D eigenvalue weighted by atomic mass is 10.1.